The van der Waals surface area contributed by atoms with Gasteiger partial charge in [0.1, 0.15) is 0 Å². The van der Waals surface area contributed by atoms with Crippen LogP contribution in [-0.2, 0) is 0 Å². The summed E-state index contributed by atoms with van der Waals surface area (Å²) in [7, 11) is 0. The summed E-state index contributed by atoms with van der Waals surface area (Å²) in [5.74, 6) is 0.332. The van der Waals surface area contributed by atoms with E-state index >= 15 is 0 Å². The summed E-state index contributed by atoms with van der Waals surface area (Å²) < 4.78 is 1.60. The zero-order valence-corrected chi connectivity index (χ0v) is 13.2. The molecular formula is C15H20ClN5O. The van der Waals surface area contributed by atoms with Crippen LogP contribution in [0.5, 0.6) is 0 Å². The summed E-state index contributed by atoms with van der Waals surface area (Å²) in [5.41, 5.74) is 8.28. The minimum atomic E-state index is -0.231. The summed E-state index contributed by atoms with van der Waals surface area (Å²) >= 11 is 0. The number of nitrogens with one attached hydrogen (secondary N) is 1. The number of nitrogens with two attached hydrogens (primary N) is 1. The zero-order valence-electron chi connectivity index (χ0n) is 12.4. The van der Waals surface area contributed by atoms with Crippen LogP contribution < -0.4 is 11.1 Å². The molecular weight excluding hydrogens is 302 g/mol. The van der Waals surface area contributed by atoms with Gasteiger partial charge in [0.2, 0.25) is 0 Å². The lowest BCUT2D eigenvalue weighted by Crippen LogP contribution is -2.38. The molecule has 1 heterocycles. The Morgan fingerprint density at radius 3 is 2.95 bits per heavy atom. The van der Waals surface area contributed by atoms with E-state index < -0.39 is 0 Å². The molecule has 3 rings (SSSR count). The van der Waals surface area contributed by atoms with Crippen LogP contribution in [-0.4, -0.2) is 33.5 Å². The lowest BCUT2D eigenvalue weighted by Gasteiger charge is -2.10. The Labute approximate surface area is 135 Å². The van der Waals surface area contributed by atoms with Crippen LogP contribution in [0.15, 0.2) is 30.5 Å². The summed E-state index contributed by atoms with van der Waals surface area (Å²) in [5, 5.41) is 10.7. The van der Waals surface area contributed by atoms with Crippen LogP contribution in [0, 0.1) is 12.8 Å². The molecule has 1 fully saturated rings. The van der Waals surface area contributed by atoms with Gasteiger partial charge in [-0.05, 0) is 43.4 Å². The van der Waals surface area contributed by atoms with Crippen LogP contribution in [0.25, 0.3) is 5.69 Å². The van der Waals surface area contributed by atoms with Gasteiger partial charge in [-0.1, -0.05) is 17.3 Å². The predicted molar refractivity (Wildman–Crippen MR) is 86.4 cm³/mol. The average molecular weight is 322 g/mol. The smallest absolute Gasteiger partial charge is 0.273 e. The highest BCUT2D eigenvalue weighted by atomic mass is 35.5. The standard InChI is InChI=1S/C15H19N5O.ClH/c1-10-3-2-4-12(7-10)20-9-14(18-19-20)15(21)17-8-13(16)11-5-6-11;/h2-4,7,9,11,13H,5-6,8,16H2,1H3,(H,17,21);1H. The van der Waals surface area contributed by atoms with Gasteiger partial charge < -0.3 is 11.1 Å². The number of aromatic nitrogens is 3. The van der Waals surface area contributed by atoms with E-state index in [-0.39, 0.29) is 24.4 Å². The van der Waals surface area contributed by atoms with Crippen molar-refractivity contribution in [3.63, 3.8) is 0 Å². The number of hydrogen-bond acceptors (Lipinski definition) is 4. The normalized spacial score (nSPS) is 15.0. The first-order valence-electron chi connectivity index (χ1n) is 7.16. The van der Waals surface area contributed by atoms with Crippen molar-refractivity contribution in [1.29, 1.82) is 0 Å². The highest BCUT2D eigenvalue weighted by Gasteiger charge is 2.28. The van der Waals surface area contributed by atoms with Crippen LogP contribution in [0.2, 0.25) is 0 Å². The van der Waals surface area contributed by atoms with Crippen LogP contribution >= 0.6 is 12.4 Å². The Morgan fingerprint density at radius 1 is 1.50 bits per heavy atom. The van der Waals surface area contributed by atoms with Gasteiger partial charge in [-0.2, -0.15) is 0 Å². The van der Waals surface area contributed by atoms with E-state index in [2.05, 4.69) is 15.6 Å². The number of halogens is 1. The Hall–Kier alpha value is -1.92. The van der Waals surface area contributed by atoms with Crippen molar-refractivity contribution < 1.29 is 4.79 Å². The molecule has 3 N–H and O–H groups in total. The third kappa shape index (κ3) is 3.84. The van der Waals surface area contributed by atoms with E-state index in [1.807, 2.05) is 31.2 Å². The van der Waals surface area contributed by atoms with Gasteiger partial charge in [-0.3, -0.25) is 4.79 Å². The maximum Gasteiger partial charge on any atom is 0.273 e. The number of nitrogens with zero attached hydrogens (tertiary/aromatic N) is 3. The summed E-state index contributed by atoms with van der Waals surface area (Å²) in [6, 6.07) is 7.90. The molecule has 1 amide bonds. The first-order chi connectivity index (χ1) is 10.1. The van der Waals surface area contributed by atoms with E-state index in [4.69, 9.17) is 5.73 Å². The summed E-state index contributed by atoms with van der Waals surface area (Å²) in [6.07, 6.45) is 3.97. The number of hydrogen-bond donors (Lipinski definition) is 2. The number of carbonyl (C=O) groups excluding carboxylic acids is 1. The molecule has 118 valence electrons. The van der Waals surface area contributed by atoms with Crippen molar-refractivity contribution in [2.75, 3.05) is 6.54 Å². The number of rotatable bonds is 5. The highest BCUT2D eigenvalue weighted by Crippen LogP contribution is 2.31. The molecule has 6 nitrogen and oxygen atoms in total. The van der Waals surface area contributed by atoms with Gasteiger partial charge in [0.05, 0.1) is 11.9 Å². The molecule has 1 saturated carbocycles. The fraction of sp³-hybridized carbons (Fsp3) is 0.400. The van der Waals surface area contributed by atoms with Crippen LogP contribution in [0.4, 0.5) is 0 Å². The van der Waals surface area contributed by atoms with E-state index in [1.165, 1.54) is 12.8 Å². The summed E-state index contributed by atoms with van der Waals surface area (Å²) in [6.45, 7) is 2.49. The van der Waals surface area contributed by atoms with Gasteiger partial charge in [0.15, 0.2) is 5.69 Å². The van der Waals surface area contributed by atoms with Gasteiger partial charge in [-0.15, -0.1) is 17.5 Å². The van der Waals surface area contributed by atoms with Crippen molar-refractivity contribution in [2.24, 2.45) is 11.7 Å². The van der Waals surface area contributed by atoms with Crippen molar-refractivity contribution in [3.05, 3.63) is 41.7 Å². The topological polar surface area (TPSA) is 85.8 Å². The van der Waals surface area contributed by atoms with Gasteiger partial charge >= 0.3 is 0 Å². The van der Waals surface area contributed by atoms with Crippen LogP contribution in [0.1, 0.15) is 28.9 Å². The first-order valence-corrected chi connectivity index (χ1v) is 7.16. The molecule has 7 heteroatoms. The molecule has 1 aromatic heterocycles. The molecule has 1 aromatic carbocycles. The SMILES string of the molecule is Cc1cccc(-n2cc(C(=O)NCC(N)C3CC3)nn2)c1.Cl. The molecule has 2 aromatic rings. The Morgan fingerprint density at radius 2 is 2.27 bits per heavy atom. The molecule has 1 aliphatic rings. The molecule has 0 spiro atoms. The number of amides is 1. The minimum Gasteiger partial charge on any atom is -0.349 e. The monoisotopic (exact) mass is 321 g/mol. The third-order valence-corrected chi connectivity index (χ3v) is 3.72. The van der Waals surface area contributed by atoms with Gasteiger partial charge in [0.25, 0.3) is 5.91 Å². The molecule has 1 atom stereocenters. The Bertz CT molecular complexity index is 653. The molecule has 22 heavy (non-hydrogen) atoms. The van der Waals surface area contributed by atoms with Gasteiger partial charge in [-0.25, -0.2) is 4.68 Å². The molecule has 0 bridgehead atoms. The molecule has 1 aliphatic carbocycles. The molecule has 0 saturated heterocycles. The lowest BCUT2D eigenvalue weighted by atomic mass is 10.2. The summed E-state index contributed by atoms with van der Waals surface area (Å²) in [4.78, 5) is 12.0. The first kappa shape index (κ1) is 16.5. The largest absolute Gasteiger partial charge is 0.349 e. The number of benzene rings is 1. The van der Waals surface area contributed by atoms with Crippen molar-refractivity contribution in [3.8, 4) is 5.69 Å². The zero-order chi connectivity index (χ0) is 14.8. The third-order valence-electron chi connectivity index (χ3n) is 3.72. The second-order valence-corrected chi connectivity index (χ2v) is 5.60. The maximum absolute atomic E-state index is 12.0. The highest BCUT2D eigenvalue weighted by molar-refractivity contribution is 5.91. The fourth-order valence-electron chi connectivity index (χ4n) is 2.26. The van der Waals surface area contributed by atoms with Gasteiger partial charge in [0, 0.05) is 12.6 Å². The van der Waals surface area contributed by atoms with Crippen molar-refractivity contribution in [1.82, 2.24) is 20.3 Å². The Balaban J connectivity index is 0.00000176. The maximum atomic E-state index is 12.0. The number of aryl methyl sites for hydroxylation is 1. The van der Waals surface area contributed by atoms with Crippen LogP contribution in [0.3, 0.4) is 0 Å². The van der Waals surface area contributed by atoms with Crippen molar-refractivity contribution >= 4 is 18.3 Å². The quantitative estimate of drug-likeness (QED) is 0.873. The molecule has 1 unspecified atom stereocenters. The van der Waals surface area contributed by atoms with E-state index in [0.29, 0.717) is 18.2 Å². The van der Waals surface area contributed by atoms with E-state index in [1.54, 1.807) is 10.9 Å². The second-order valence-electron chi connectivity index (χ2n) is 5.60. The van der Waals surface area contributed by atoms with E-state index in [0.717, 1.165) is 11.3 Å². The molecule has 0 radical (unpaired) electrons. The van der Waals surface area contributed by atoms with E-state index in [9.17, 15) is 4.79 Å². The minimum absolute atomic E-state index is 0. The predicted octanol–water partition coefficient (Wildman–Crippen LogP) is 1.46. The second kappa shape index (κ2) is 6.89. The molecule has 0 aliphatic heterocycles. The van der Waals surface area contributed by atoms with Crippen molar-refractivity contribution in [2.45, 2.75) is 25.8 Å². The average Bonchev–Trinajstić information content (AvgIpc) is 3.21. The number of carbonyl (C=O) groups is 1. The fourth-order valence-corrected chi connectivity index (χ4v) is 2.26. The lowest BCUT2D eigenvalue weighted by molar-refractivity contribution is 0.0945. The Kier molecular flexibility index (Phi) is 5.15.